The van der Waals surface area contributed by atoms with Crippen molar-refractivity contribution in [1.82, 2.24) is 14.5 Å². The lowest BCUT2D eigenvalue weighted by Gasteiger charge is -2.18. The van der Waals surface area contributed by atoms with E-state index in [4.69, 9.17) is 18.6 Å². The summed E-state index contributed by atoms with van der Waals surface area (Å²) in [7, 11) is 4.88. The molecule has 0 fully saturated rings. The Bertz CT molecular complexity index is 1760. The number of hydrogen-bond acceptors (Lipinski definition) is 8. The quantitative estimate of drug-likeness (QED) is 0.273. The summed E-state index contributed by atoms with van der Waals surface area (Å²) < 4.78 is 24.1. The summed E-state index contributed by atoms with van der Waals surface area (Å²) in [5.74, 6) is 1.70. The van der Waals surface area contributed by atoms with E-state index in [0.717, 1.165) is 5.69 Å². The second kappa shape index (κ2) is 10.9. The van der Waals surface area contributed by atoms with E-state index < -0.39 is 5.91 Å². The molecule has 4 aromatic heterocycles. The fourth-order valence-corrected chi connectivity index (χ4v) is 4.63. The monoisotopic (exact) mass is 540 g/mol. The normalized spacial score (nSPS) is 10.9. The Kier molecular flexibility index (Phi) is 7.24. The Morgan fingerprint density at radius 3 is 2.50 bits per heavy atom. The molecule has 0 saturated heterocycles. The van der Waals surface area contributed by atoms with Crippen molar-refractivity contribution in [2.45, 2.75) is 20.3 Å². The highest BCUT2D eigenvalue weighted by Crippen LogP contribution is 2.34. The van der Waals surface area contributed by atoms with E-state index in [1.165, 1.54) is 20.5 Å². The molecular weight excluding hydrogens is 512 g/mol. The summed E-state index contributed by atoms with van der Waals surface area (Å²) in [5.41, 5.74) is 3.04. The number of nitrogens with one attached hydrogen (secondary N) is 1. The number of methoxy groups -OCH3 is 2. The van der Waals surface area contributed by atoms with E-state index in [2.05, 4.69) is 15.3 Å². The van der Waals surface area contributed by atoms with Gasteiger partial charge in [-0.05, 0) is 49.7 Å². The number of carbonyl (C=O) groups is 1. The average molecular weight is 541 g/mol. The molecule has 0 aliphatic carbocycles. The summed E-state index contributed by atoms with van der Waals surface area (Å²) in [4.78, 5) is 35.8. The number of aromatic nitrogens is 3. The number of hydrogen-bond donors (Lipinski definition) is 1. The molecule has 0 aliphatic rings. The lowest BCUT2D eigenvalue weighted by atomic mass is 10.0. The predicted molar refractivity (Wildman–Crippen MR) is 151 cm³/mol. The Morgan fingerprint density at radius 2 is 1.85 bits per heavy atom. The molecule has 204 valence electrons. The van der Waals surface area contributed by atoms with Crippen molar-refractivity contribution < 1.29 is 23.4 Å². The van der Waals surface area contributed by atoms with Crippen LogP contribution in [0.1, 0.15) is 28.7 Å². The number of nitrogens with zero attached hydrogens (tertiary/aromatic N) is 3. The van der Waals surface area contributed by atoms with Crippen molar-refractivity contribution in [3.63, 3.8) is 0 Å². The van der Waals surface area contributed by atoms with Crippen LogP contribution < -0.4 is 25.0 Å². The zero-order chi connectivity index (χ0) is 28.4. The molecule has 5 aromatic rings. The van der Waals surface area contributed by atoms with E-state index in [-0.39, 0.29) is 11.0 Å². The van der Waals surface area contributed by atoms with Crippen LogP contribution in [0.5, 0.6) is 23.1 Å². The van der Waals surface area contributed by atoms with Crippen LogP contribution in [-0.2, 0) is 13.5 Å². The van der Waals surface area contributed by atoms with Crippen molar-refractivity contribution in [1.29, 1.82) is 0 Å². The summed E-state index contributed by atoms with van der Waals surface area (Å²) in [6.07, 6.45) is 3.62. The largest absolute Gasteiger partial charge is 0.491 e. The summed E-state index contributed by atoms with van der Waals surface area (Å²) in [6.45, 7) is 3.75. The first kappa shape index (κ1) is 26.5. The number of furan rings is 1. The fourth-order valence-electron chi connectivity index (χ4n) is 4.63. The number of anilines is 1. The highest BCUT2D eigenvalue weighted by molar-refractivity contribution is 6.05. The molecule has 1 N–H and O–H groups in total. The number of rotatable bonds is 8. The predicted octanol–water partition coefficient (Wildman–Crippen LogP) is 5.52. The van der Waals surface area contributed by atoms with Crippen LogP contribution in [0.4, 0.5) is 5.69 Å². The van der Waals surface area contributed by atoms with Gasteiger partial charge in [-0.25, -0.2) is 4.98 Å². The second-order valence-electron chi connectivity index (χ2n) is 8.96. The van der Waals surface area contributed by atoms with E-state index in [1.807, 2.05) is 25.5 Å². The smallest absolute Gasteiger partial charge is 0.261 e. The van der Waals surface area contributed by atoms with Gasteiger partial charge in [0.1, 0.15) is 22.6 Å². The highest BCUT2D eigenvalue weighted by atomic mass is 16.5. The molecule has 10 nitrogen and oxygen atoms in total. The van der Waals surface area contributed by atoms with Gasteiger partial charge in [0.05, 0.1) is 31.6 Å². The van der Waals surface area contributed by atoms with Gasteiger partial charge in [-0.3, -0.25) is 14.6 Å². The molecule has 4 heterocycles. The van der Waals surface area contributed by atoms with Crippen LogP contribution >= 0.6 is 0 Å². The summed E-state index contributed by atoms with van der Waals surface area (Å²) in [6, 6.07) is 13.7. The molecule has 0 radical (unpaired) electrons. The van der Waals surface area contributed by atoms with Crippen LogP contribution in [-0.4, -0.2) is 34.7 Å². The fraction of sp³-hybridized carbons (Fsp3) is 0.200. The first-order valence-electron chi connectivity index (χ1n) is 12.6. The summed E-state index contributed by atoms with van der Waals surface area (Å²) in [5, 5.41) is 2.85. The Labute approximate surface area is 230 Å². The van der Waals surface area contributed by atoms with Crippen molar-refractivity contribution in [2.75, 3.05) is 19.5 Å². The lowest BCUT2D eigenvalue weighted by Crippen LogP contribution is -2.29. The third kappa shape index (κ3) is 4.75. The van der Waals surface area contributed by atoms with Gasteiger partial charge in [0.25, 0.3) is 11.8 Å². The lowest BCUT2D eigenvalue weighted by molar-refractivity contribution is 0.102. The molecule has 1 amide bonds. The SMILES string of the molecule is CCc1c(C(=O)Nc2ccc(Oc3ccnc4cc(OC)c(OC)nc34)cc2)c(=O)c(-c2ccco2)c(C)n1C. The van der Waals surface area contributed by atoms with Crippen LogP contribution in [0, 0.1) is 6.92 Å². The number of fused-ring (bicyclic) bond motifs is 1. The standard InChI is InChI=1S/C30H28N4O6/c1-6-21-26(28(35)25(17(2)34(21)3)22-8-7-15-39-22)29(36)32-18-9-11-19(12-10-18)40-23-13-14-31-20-16-24(37-4)30(38-5)33-27(20)23/h7-16H,6H2,1-5H3,(H,32,36). The van der Waals surface area contributed by atoms with Crippen LogP contribution in [0.3, 0.4) is 0 Å². The zero-order valence-corrected chi connectivity index (χ0v) is 22.8. The minimum atomic E-state index is -0.496. The molecule has 0 spiro atoms. The van der Waals surface area contributed by atoms with Crippen molar-refractivity contribution in [2.24, 2.45) is 7.05 Å². The van der Waals surface area contributed by atoms with Crippen LogP contribution in [0.25, 0.3) is 22.4 Å². The molecule has 0 bridgehead atoms. The van der Waals surface area contributed by atoms with Gasteiger partial charge in [-0.2, -0.15) is 0 Å². The molecule has 0 saturated carbocycles. The van der Waals surface area contributed by atoms with Crippen molar-refractivity contribution in [3.05, 3.63) is 88.2 Å². The number of amides is 1. The maximum absolute atomic E-state index is 13.5. The topological polar surface area (TPSA) is 118 Å². The van der Waals surface area contributed by atoms with E-state index >= 15 is 0 Å². The van der Waals surface area contributed by atoms with Gasteiger partial charge >= 0.3 is 0 Å². The molecule has 5 rings (SSSR count). The maximum Gasteiger partial charge on any atom is 0.261 e. The highest BCUT2D eigenvalue weighted by Gasteiger charge is 2.24. The minimum absolute atomic E-state index is 0.0843. The van der Waals surface area contributed by atoms with Gasteiger partial charge in [0.15, 0.2) is 11.5 Å². The van der Waals surface area contributed by atoms with Crippen LogP contribution in [0.15, 0.2) is 70.2 Å². The van der Waals surface area contributed by atoms with Gasteiger partial charge in [0.2, 0.25) is 5.43 Å². The van der Waals surface area contributed by atoms with Crippen molar-refractivity contribution >= 4 is 22.6 Å². The van der Waals surface area contributed by atoms with Gasteiger partial charge in [0, 0.05) is 42.5 Å². The van der Waals surface area contributed by atoms with E-state index in [9.17, 15) is 9.59 Å². The molecule has 10 heteroatoms. The minimum Gasteiger partial charge on any atom is -0.491 e. The number of benzene rings is 1. The molecular formula is C30H28N4O6. The molecule has 1 aromatic carbocycles. The number of ether oxygens (including phenoxy) is 3. The van der Waals surface area contributed by atoms with Crippen molar-refractivity contribution in [3.8, 4) is 34.5 Å². The average Bonchev–Trinajstić information content (AvgIpc) is 3.49. The van der Waals surface area contributed by atoms with Gasteiger partial charge in [-0.1, -0.05) is 6.92 Å². The Morgan fingerprint density at radius 1 is 1.07 bits per heavy atom. The van der Waals surface area contributed by atoms with Gasteiger partial charge in [-0.15, -0.1) is 0 Å². The molecule has 0 atom stereocenters. The third-order valence-electron chi connectivity index (χ3n) is 6.70. The molecule has 40 heavy (non-hydrogen) atoms. The first-order chi connectivity index (χ1) is 19.4. The summed E-state index contributed by atoms with van der Waals surface area (Å²) >= 11 is 0. The van der Waals surface area contributed by atoms with Crippen LogP contribution in [0.2, 0.25) is 0 Å². The van der Waals surface area contributed by atoms with E-state index in [1.54, 1.807) is 54.7 Å². The Hall–Kier alpha value is -5.12. The van der Waals surface area contributed by atoms with E-state index in [0.29, 0.717) is 63.3 Å². The zero-order valence-electron chi connectivity index (χ0n) is 22.8. The number of carbonyl (C=O) groups excluding carboxylic acids is 1. The molecule has 0 unspecified atom stereocenters. The first-order valence-corrected chi connectivity index (χ1v) is 12.6. The second-order valence-corrected chi connectivity index (χ2v) is 8.96. The molecule has 0 aliphatic heterocycles. The number of pyridine rings is 3. The Balaban J connectivity index is 1.42. The van der Waals surface area contributed by atoms with Gasteiger partial charge < -0.3 is 28.5 Å². The third-order valence-corrected chi connectivity index (χ3v) is 6.70. The maximum atomic E-state index is 13.5.